The Labute approximate surface area is 119 Å². The molecule has 0 unspecified atom stereocenters. The lowest BCUT2D eigenvalue weighted by molar-refractivity contribution is -0.146. The molecule has 0 saturated carbocycles. The zero-order valence-corrected chi connectivity index (χ0v) is 11.6. The Kier molecular flexibility index (Phi) is 6.22. The maximum absolute atomic E-state index is 11.9. The molecule has 0 spiro atoms. The number of ether oxygens (including phenoxy) is 2. The standard InChI is InChI=1S/C12H14ClF3N2O2/c1-3-20-8(2)10-6-9(17-11(13)18-10)7-19-5-4-12(14,15)16/h6H,2-5,7H2,1H3. The van der Waals surface area contributed by atoms with Gasteiger partial charge in [0.2, 0.25) is 5.28 Å². The molecule has 0 radical (unpaired) electrons. The van der Waals surface area contributed by atoms with Crippen LogP contribution in [0.2, 0.25) is 5.28 Å². The van der Waals surface area contributed by atoms with Crippen molar-refractivity contribution >= 4 is 17.4 Å². The first-order chi connectivity index (χ1) is 9.31. The van der Waals surface area contributed by atoms with Crippen molar-refractivity contribution in [3.05, 3.63) is 29.3 Å². The Bertz CT molecular complexity index is 467. The first kappa shape index (κ1) is 16.7. The fraction of sp³-hybridized carbons (Fsp3) is 0.500. The van der Waals surface area contributed by atoms with Crippen molar-refractivity contribution in [3.63, 3.8) is 0 Å². The molecule has 4 nitrogen and oxygen atoms in total. The molecule has 0 aliphatic rings. The molecule has 8 heteroatoms. The Morgan fingerprint density at radius 2 is 2.10 bits per heavy atom. The number of hydrogen-bond acceptors (Lipinski definition) is 4. The number of alkyl halides is 3. The second-order valence-electron chi connectivity index (χ2n) is 3.79. The van der Waals surface area contributed by atoms with Crippen molar-refractivity contribution < 1.29 is 22.6 Å². The molecule has 20 heavy (non-hydrogen) atoms. The summed E-state index contributed by atoms with van der Waals surface area (Å²) in [6.07, 6.45) is -5.25. The van der Waals surface area contributed by atoms with E-state index in [-0.39, 0.29) is 11.9 Å². The molecule has 0 aliphatic carbocycles. The first-order valence-corrected chi connectivity index (χ1v) is 6.19. The third-order valence-electron chi connectivity index (χ3n) is 2.14. The molecule has 0 aromatic carbocycles. The highest BCUT2D eigenvalue weighted by Crippen LogP contribution is 2.20. The number of aromatic nitrogens is 2. The molecule has 0 N–H and O–H groups in total. The van der Waals surface area contributed by atoms with Gasteiger partial charge < -0.3 is 9.47 Å². The van der Waals surface area contributed by atoms with Gasteiger partial charge in [0.15, 0.2) is 0 Å². The minimum atomic E-state index is -4.24. The van der Waals surface area contributed by atoms with Gasteiger partial charge in [-0.1, -0.05) is 6.58 Å². The van der Waals surface area contributed by atoms with Gasteiger partial charge in [-0.05, 0) is 24.6 Å². The Hall–Kier alpha value is -1.34. The summed E-state index contributed by atoms with van der Waals surface area (Å²) in [6, 6.07) is 1.51. The second kappa shape index (κ2) is 7.44. The van der Waals surface area contributed by atoms with Crippen LogP contribution in [0.3, 0.4) is 0 Å². The van der Waals surface area contributed by atoms with Crippen LogP contribution in [-0.2, 0) is 16.1 Å². The van der Waals surface area contributed by atoms with Crippen molar-refractivity contribution in [2.45, 2.75) is 26.1 Å². The van der Waals surface area contributed by atoms with E-state index in [1.54, 1.807) is 6.92 Å². The van der Waals surface area contributed by atoms with Crippen LogP contribution in [0.4, 0.5) is 13.2 Å². The van der Waals surface area contributed by atoms with Crippen molar-refractivity contribution in [2.24, 2.45) is 0 Å². The molecule has 112 valence electrons. The van der Waals surface area contributed by atoms with Crippen LogP contribution >= 0.6 is 11.6 Å². The SMILES string of the molecule is C=C(OCC)c1cc(COCCC(F)(F)F)nc(Cl)n1. The number of rotatable bonds is 7. The lowest BCUT2D eigenvalue weighted by Gasteiger charge is -2.09. The van der Waals surface area contributed by atoms with Crippen molar-refractivity contribution in [1.82, 2.24) is 9.97 Å². The third kappa shape index (κ3) is 6.21. The lowest BCUT2D eigenvalue weighted by atomic mass is 10.3. The topological polar surface area (TPSA) is 44.2 Å². The summed E-state index contributed by atoms with van der Waals surface area (Å²) in [6.45, 7) is 5.34. The first-order valence-electron chi connectivity index (χ1n) is 5.82. The summed E-state index contributed by atoms with van der Waals surface area (Å²) < 4.78 is 45.9. The highest BCUT2D eigenvalue weighted by molar-refractivity contribution is 6.28. The smallest absolute Gasteiger partial charge is 0.391 e. The maximum atomic E-state index is 11.9. The molecular formula is C12H14ClF3N2O2. The second-order valence-corrected chi connectivity index (χ2v) is 4.13. The Morgan fingerprint density at radius 3 is 2.70 bits per heavy atom. The maximum Gasteiger partial charge on any atom is 0.391 e. The van der Waals surface area contributed by atoms with Crippen LogP contribution in [-0.4, -0.2) is 29.4 Å². The number of nitrogens with zero attached hydrogens (tertiary/aromatic N) is 2. The van der Waals surface area contributed by atoms with Crippen LogP contribution in [0.25, 0.3) is 5.76 Å². The average molecular weight is 311 g/mol. The molecule has 0 bridgehead atoms. The summed E-state index contributed by atoms with van der Waals surface area (Å²) >= 11 is 5.73. The molecule has 0 saturated heterocycles. The molecule has 0 fully saturated rings. The van der Waals surface area contributed by atoms with Gasteiger partial charge in [0, 0.05) is 0 Å². The van der Waals surface area contributed by atoms with E-state index in [1.165, 1.54) is 6.07 Å². The predicted octanol–water partition coefficient (Wildman–Crippen LogP) is 3.61. The van der Waals surface area contributed by atoms with Crippen LogP contribution in [0, 0.1) is 0 Å². The predicted molar refractivity (Wildman–Crippen MR) is 68.0 cm³/mol. The van der Waals surface area contributed by atoms with Gasteiger partial charge in [0.1, 0.15) is 11.5 Å². The van der Waals surface area contributed by atoms with Gasteiger partial charge in [-0.2, -0.15) is 13.2 Å². The average Bonchev–Trinajstić information content (AvgIpc) is 2.33. The zero-order chi connectivity index (χ0) is 15.2. The van der Waals surface area contributed by atoms with E-state index in [9.17, 15) is 13.2 Å². The summed E-state index contributed by atoms with van der Waals surface area (Å²) in [4.78, 5) is 7.78. The van der Waals surface area contributed by atoms with Crippen molar-refractivity contribution in [1.29, 1.82) is 0 Å². The molecule has 1 aromatic rings. The van der Waals surface area contributed by atoms with Crippen molar-refractivity contribution in [2.75, 3.05) is 13.2 Å². The minimum Gasteiger partial charge on any atom is -0.492 e. The Morgan fingerprint density at radius 1 is 1.40 bits per heavy atom. The summed E-state index contributed by atoms with van der Waals surface area (Å²) in [5.74, 6) is 0.313. The summed E-state index contributed by atoms with van der Waals surface area (Å²) in [5, 5.41) is -0.0437. The number of halogens is 4. The van der Waals surface area contributed by atoms with Crippen LogP contribution in [0.15, 0.2) is 12.6 Å². The normalized spacial score (nSPS) is 11.4. The van der Waals surface area contributed by atoms with Gasteiger partial charge in [0.05, 0.1) is 31.9 Å². The van der Waals surface area contributed by atoms with Gasteiger partial charge in [-0.25, -0.2) is 9.97 Å². The highest BCUT2D eigenvalue weighted by Gasteiger charge is 2.26. The zero-order valence-electron chi connectivity index (χ0n) is 10.8. The van der Waals surface area contributed by atoms with Crippen molar-refractivity contribution in [3.8, 4) is 0 Å². The monoisotopic (exact) mass is 310 g/mol. The van der Waals surface area contributed by atoms with E-state index in [1.807, 2.05) is 0 Å². The fourth-order valence-corrected chi connectivity index (χ4v) is 1.49. The molecule has 1 aromatic heterocycles. The van der Waals surface area contributed by atoms with E-state index in [0.29, 0.717) is 23.8 Å². The third-order valence-corrected chi connectivity index (χ3v) is 2.31. The molecular weight excluding hydrogens is 297 g/mol. The van der Waals surface area contributed by atoms with E-state index >= 15 is 0 Å². The van der Waals surface area contributed by atoms with Crippen LogP contribution in [0.1, 0.15) is 24.7 Å². The summed E-state index contributed by atoms with van der Waals surface area (Å²) in [7, 11) is 0. The molecule has 1 rings (SSSR count). The minimum absolute atomic E-state index is 0.0437. The quantitative estimate of drug-likeness (QED) is 0.438. The summed E-state index contributed by atoms with van der Waals surface area (Å²) in [5.41, 5.74) is 0.740. The lowest BCUT2D eigenvalue weighted by Crippen LogP contribution is -2.12. The van der Waals surface area contributed by atoms with E-state index in [4.69, 9.17) is 21.1 Å². The van der Waals surface area contributed by atoms with Gasteiger partial charge in [-0.15, -0.1) is 0 Å². The van der Waals surface area contributed by atoms with Crippen LogP contribution < -0.4 is 0 Å². The molecule has 0 amide bonds. The fourth-order valence-electron chi connectivity index (χ4n) is 1.29. The Balaban J connectivity index is 2.60. The van der Waals surface area contributed by atoms with E-state index in [0.717, 1.165) is 0 Å². The largest absolute Gasteiger partial charge is 0.492 e. The molecule has 0 aliphatic heterocycles. The van der Waals surface area contributed by atoms with Gasteiger partial charge >= 0.3 is 6.18 Å². The number of hydrogen-bond donors (Lipinski definition) is 0. The van der Waals surface area contributed by atoms with E-state index in [2.05, 4.69) is 16.5 Å². The van der Waals surface area contributed by atoms with Crippen LogP contribution in [0.5, 0.6) is 0 Å². The van der Waals surface area contributed by atoms with Gasteiger partial charge in [-0.3, -0.25) is 0 Å². The molecule has 1 heterocycles. The molecule has 0 atom stereocenters. The highest BCUT2D eigenvalue weighted by atomic mass is 35.5. The van der Waals surface area contributed by atoms with E-state index < -0.39 is 19.2 Å². The van der Waals surface area contributed by atoms with Gasteiger partial charge in [0.25, 0.3) is 0 Å².